The number of hydrogen-bond donors (Lipinski definition) is 1. The summed E-state index contributed by atoms with van der Waals surface area (Å²) < 4.78 is 0. The molecule has 0 aliphatic carbocycles. The normalized spacial score (nSPS) is 15.9. The molecule has 1 atom stereocenters. The molecule has 4 aromatic heterocycles. The highest BCUT2D eigenvalue weighted by molar-refractivity contribution is 7.12. The number of H-pyrrole nitrogens is 1. The van der Waals surface area contributed by atoms with Crippen molar-refractivity contribution in [3.05, 3.63) is 100 Å². The highest BCUT2D eigenvalue weighted by Gasteiger charge is 2.33. The Bertz CT molecular complexity index is 1350. The minimum Gasteiger partial charge on any atom is -0.356 e. The summed E-state index contributed by atoms with van der Waals surface area (Å²) in [5.74, 6) is 1.00. The number of hydrogen-bond acceptors (Lipinski definition) is 4. The van der Waals surface area contributed by atoms with Crippen molar-refractivity contribution in [1.29, 1.82) is 0 Å². The van der Waals surface area contributed by atoms with Gasteiger partial charge >= 0.3 is 0 Å². The summed E-state index contributed by atoms with van der Waals surface area (Å²) in [6.07, 6.45) is 4.76. The van der Waals surface area contributed by atoms with Gasteiger partial charge in [-0.15, -0.1) is 11.3 Å². The van der Waals surface area contributed by atoms with Crippen LogP contribution in [0.2, 0.25) is 0 Å². The van der Waals surface area contributed by atoms with E-state index < -0.39 is 0 Å². The SMILES string of the molecule is Cc1ccc(C2c3[nH]c4ccccc4c3CCN2c2ccc(-c3ccccn3)cn2)s1. The molecular formula is C26H22N4S. The van der Waals surface area contributed by atoms with Crippen LogP contribution in [0.25, 0.3) is 22.2 Å². The summed E-state index contributed by atoms with van der Waals surface area (Å²) in [4.78, 5) is 18.2. The number of aromatic nitrogens is 3. The van der Waals surface area contributed by atoms with Crippen molar-refractivity contribution in [1.82, 2.24) is 15.0 Å². The fourth-order valence-corrected chi connectivity index (χ4v) is 5.63. The Balaban J connectivity index is 1.45. The van der Waals surface area contributed by atoms with E-state index in [-0.39, 0.29) is 6.04 Å². The van der Waals surface area contributed by atoms with Crippen molar-refractivity contribution in [2.45, 2.75) is 19.4 Å². The van der Waals surface area contributed by atoms with Crippen LogP contribution < -0.4 is 4.90 Å². The molecule has 0 spiro atoms. The Kier molecular flexibility index (Phi) is 4.35. The van der Waals surface area contributed by atoms with Gasteiger partial charge in [-0.1, -0.05) is 24.3 Å². The van der Waals surface area contributed by atoms with Crippen LogP contribution >= 0.6 is 11.3 Å². The maximum absolute atomic E-state index is 4.86. The van der Waals surface area contributed by atoms with Gasteiger partial charge in [-0.05, 0) is 61.4 Å². The van der Waals surface area contributed by atoms with Gasteiger partial charge in [0.25, 0.3) is 0 Å². The number of rotatable bonds is 3. The van der Waals surface area contributed by atoms with Gasteiger partial charge in [0.1, 0.15) is 11.9 Å². The second-order valence-electron chi connectivity index (χ2n) is 7.98. The first-order chi connectivity index (χ1) is 15.3. The number of fused-ring (bicyclic) bond motifs is 3. The number of aromatic amines is 1. The average molecular weight is 423 g/mol. The molecule has 0 radical (unpaired) electrons. The van der Waals surface area contributed by atoms with Crippen molar-refractivity contribution in [3.63, 3.8) is 0 Å². The lowest BCUT2D eigenvalue weighted by Gasteiger charge is -2.36. The molecule has 1 N–H and O–H groups in total. The van der Waals surface area contributed by atoms with Gasteiger partial charge in [-0.25, -0.2) is 4.98 Å². The van der Waals surface area contributed by atoms with E-state index in [1.165, 1.54) is 31.9 Å². The van der Waals surface area contributed by atoms with Gasteiger partial charge in [0, 0.05) is 50.9 Å². The summed E-state index contributed by atoms with van der Waals surface area (Å²) in [7, 11) is 0. The van der Waals surface area contributed by atoms with E-state index in [2.05, 4.69) is 70.3 Å². The number of anilines is 1. The molecule has 0 bridgehead atoms. The third kappa shape index (κ3) is 3.13. The molecule has 152 valence electrons. The van der Waals surface area contributed by atoms with E-state index in [4.69, 9.17) is 4.98 Å². The Hall–Kier alpha value is -3.44. The third-order valence-corrected chi connectivity index (χ3v) is 7.12. The van der Waals surface area contributed by atoms with E-state index >= 15 is 0 Å². The van der Waals surface area contributed by atoms with Crippen LogP contribution in [0.1, 0.15) is 27.1 Å². The second kappa shape index (κ2) is 7.36. The Morgan fingerprint density at radius 3 is 2.65 bits per heavy atom. The van der Waals surface area contributed by atoms with Gasteiger partial charge in [0.2, 0.25) is 0 Å². The molecule has 5 heteroatoms. The molecule has 5 aromatic rings. The zero-order valence-corrected chi connectivity index (χ0v) is 18.1. The van der Waals surface area contributed by atoms with E-state index in [0.717, 1.165) is 30.0 Å². The first-order valence-electron chi connectivity index (χ1n) is 10.6. The van der Waals surface area contributed by atoms with Crippen molar-refractivity contribution in [3.8, 4) is 11.3 Å². The van der Waals surface area contributed by atoms with Gasteiger partial charge in [-0.3, -0.25) is 4.98 Å². The number of aryl methyl sites for hydroxylation is 1. The molecule has 0 saturated carbocycles. The number of nitrogens with one attached hydrogen (secondary N) is 1. The van der Waals surface area contributed by atoms with Gasteiger partial charge in [-0.2, -0.15) is 0 Å². The summed E-state index contributed by atoms with van der Waals surface area (Å²) in [5.41, 5.74) is 5.93. The summed E-state index contributed by atoms with van der Waals surface area (Å²) in [6.45, 7) is 3.11. The zero-order chi connectivity index (χ0) is 20.8. The van der Waals surface area contributed by atoms with Crippen LogP contribution in [0.3, 0.4) is 0 Å². The molecule has 31 heavy (non-hydrogen) atoms. The van der Waals surface area contributed by atoms with Gasteiger partial charge < -0.3 is 9.88 Å². The molecule has 5 heterocycles. The van der Waals surface area contributed by atoms with E-state index in [9.17, 15) is 0 Å². The predicted molar refractivity (Wildman–Crippen MR) is 128 cm³/mol. The molecule has 0 fully saturated rings. The molecule has 0 saturated heterocycles. The molecule has 1 unspecified atom stereocenters. The first-order valence-corrected chi connectivity index (χ1v) is 11.4. The van der Waals surface area contributed by atoms with Crippen molar-refractivity contribution < 1.29 is 0 Å². The highest BCUT2D eigenvalue weighted by Crippen LogP contribution is 2.42. The van der Waals surface area contributed by atoms with E-state index in [0.29, 0.717) is 0 Å². The number of thiophene rings is 1. The largest absolute Gasteiger partial charge is 0.356 e. The van der Waals surface area contributed by atoms with Crippen molar-refractivity contribution in [2.75, 3.05) is 11.4 Å². The minimum absolute atomic E-state index is 0.142. The number of para-hydroxylation sites is 1. The highest BCUT2D eigenvalue weighted by atomic mass is 32.1. The molecule has 4 nitrogen and oxygen atoms in total. The quantitative estimate of drug-likeness (QED) is 0.379. The fraction of sp³-hybridized carbons (Fsp3) is 0.154. The van der Waals surface area contributed by atoms with E-state index in [1.807, 2.05) is 41.9 Å². The van der Waals surface area contributed by atoms with Crippen LogP contribution in [-0.4, -0.2) is 21.5 Å². The smallest absolute Gasteiger partial charge is 0.129 e. The Morgan fingerprint density at radius 1 is 0.968 bits per heavy atom. The summed E-state index contributed by atoms with van der Waals surface area (Å²) >= 11 is 1.87. The molecular weight excluding hydrogens is 400 g/mol. The zero-order valence-electron chi connectivity index (χ0n) is 17.2. The van der Waals surface area contributed by atoms with Crippen LogP contribution in [0.5, 0.6) is 0 Å². The van der Waals surface area contributed by atoms with Crippen LogP contribution in [0.4, 0.5) is 5.82 Å². The maximum Gasteiger partial charge on any atom is 0.129 e. The lowest BCUT2D eigenvalue weighted by molar-refractivity contribution is 0.643. The minimum atomic E-state index is 0.142. The van der Waals surface area contributed by atoms with Crippen LogP contribution in [0, 0.1) is 6.92 Å². The maximum atomic E-state index is 4.86. The molecule has 1 aromatic carbocycles. The topological polar surface area (TPSA) is 44.8 Å². The lowest BCUT2D eigenvalue weighted by Crippen LogP contribution is -2.36. The lowest BCUT2D eigenvalue weighted by atomic mass is 9.96. The van der Waals surface area contributed by atoms with Crippen molar-refractivity contribution in [2.24, 2.45) is 0 Å². The number of benzene rings is 1. The average Bonchev–Trinajstić information content (AvgIpc) is 3.42. The number of nitrogens with zero attached hydrogens (tertiary/aromatic N) is 3. The molecule has 1 aliphatic heterocycles. The van der Waals surface area contributed by atoms with Crippen LogP contribution in [-0.2, 0) is 6.42 Å². The predicted octanol–water partition coefficient (Wildman–Crippen LogP) is 6.15. The Morgan fingerprint density at radius 2 is 1.87 bits per heavy atom. The standard InChI is InChI=1S/C26H22N4S/c1-17-9-11-23(31-17)26-25-20(19-6-2-3-8-22(19)29-25)13-15-30(26)24-12-10-18(16-28-24)21-7-4-5-14-27-21/h2-12,14,16,26,29H,13,15H2,1H3. The number of pyridine rings is 2. The van der Waals surface area contributed by atoms with Crippen molar-refractivity contribution >= 4 is 28.1 Å². The summed E-state index contributed by atoms with van der Waals surface area (Å²) in [6, 6.07) is 23.5. The Labute approximate surface area is 185 Å². The second-order valence-corrected chi connectivity index (χ2v) is 9.30. The first kappa shape index (κ1) is 18.3. The third-order valence-electron chi connectivity index (χ3n) is 6.07. The monoisotopic (exact) mass is 422 g/mol. The molecule has 1 aliphatic rings. The molecule has 0 amide bonds. The van der Waals surface area contributed by atoms with Crippen LogP contribution in [0.15, 0.2) is 79.1 Å². The van der Waals surface area contributed by atoms with Gasteiger partial charge in [0.15, 0.2) is 0 Å². The molecule has 6 rings (SSSR count). The van der Waals surface area contributed by atoms with E-state index in [1.54, 1.807) is 0 Å². The fourth-order valence-electron chi connectivity index (χ4n) is 4.62. The van der Waals surface area contributed by atoms with Gasteiger partial charge in [0.05, 0.1) is 5.69 Å². The summed E-state index contributed by atoms with van der Waals surface area (Å²) in [5, 5.41) is 1.34.